The van der Waals surface area contributed by atoms with Crippen molar-refractivity contribution in [1.82, 2.24) is 0 Å². The zero-order valence-electron chi connectivity index (χ0n) is 15.6. The van der Waals surface area contributed by atoms with Gasteiger partial charge in [-0.25, -0.2) is 0 Å². The Balaban J connectivity index is 1.68. The fourth-order valence-corrected chi connectivity index (χ4v) is 3.60. The van der Waals surface area contributed by atoms with Gasteiger partial charge in [-0.2, -0.15) is 0 Å². The monoisotopic (exact) mass is 391 g/mol. The average Bonchev–Trinajstić information content (AvgIpc) is 2.64. The molecule has 2 atom stereocenters. The van der Waals surface area contributed by atoms with E-state index in [1.807, 2.05) is 6.07 Å². The van der Waals surface area contributed by atoms with E-state index in [4.69, 9.17) is 15.5 Å². The third kappa shape index (κ3) is 8.37. The highest BCUT2D eigenvalue weighted by atomic mass is 31.2. The van der Waals surface area contributed by atoms with Crippen LogP contribution in [-0.2, 0) is 23.8 Å². The Hall–Kier alpha value is -1.49. The number of aryl methyl sites for hydroxylation is 3. The number of nitrogens with two attached hydrogens (primary N) is 1. The van der Waals surface area contributed by atoms with Crippen molar-refractivity contribution in [2.24, 2.45) is 5.73 Å². The number of aliphatic hydroxyl groups is 1. The van der Waals surface area contributed by atoms with Gasteiger partial charge in [-0.3, -0.25) is 4.57 Å². The molecule has 0 saturated heterocycles. The number of aliphatic hydroxyl groups excluding tert-OH is 1. The molecule has 0 radical (unpaired) electrons. The van der Waals surface area contributed by atoms with E-state index < -0.39 is 19.5 Å². The van der Waals surface area contributed by atoms with E-state index >= 15 is 0 Å². The number of benzene rings is 2. The van der Waals surface area contributed by atoms with Crippen molar-refractivity contribution in [3.8, 4) is 0 Å². The zero-order valence-corrected chi connectivity index (χ0v) is 16.5. The van der Waals surface area contributed by atoms with Gasteiger partial charge in [0, 0.05) is 12.5 Å². The van der Waals surface area contributed by atoms with Gasteiger partial charge in [0.25, 0.3) is 0 Å². The molecule has 0 aliphatic heterocycles. The molecule has 5 nitrogen and oxygen atoms in total. The summed E-state index contributed by atoms with van der Waals surface area (Å²) in [5, 5.41) is 9.42. The molecule has 2 rings (SSSR count). The second-order valence-corrected chi connectivity index (χ2v) is 8.89. The quantitative estimate of drug-likeness (QED) is 0.347. The predicted molar refractivity (Wildman–Crippen MR) is 108 cm³/mol. The second-order valence-electron chi connectivity index (χ2n) is 7.11. The van der Waals surface area contributed by atoms with Crippen LogP contribution in [0.2, 0.25) is 0 Å². The highest BCUT2D eigenvalue weighted by Crippen LogP contribution is 2.41. The first-order valence-electron chi connectivity index (χ1n) is 9.45. The minimum Gasteiger partial charge on any atom is -0.380 e. The number of unbranched alkanes of at least 4 members (excludes halogenated alkanes) is 1. The van der Waals surface area contributed by atoms with Crippen LogP contribution in [0, 0.1) is 0 Å². The van der Waals surface area contributed by atoms with Gasteiger partial charge in [0.05, 0.1) is 0 Å². The molecular formula is C21H30NO4P. The molecule has 148 valence electrons. The van der Waals surface area contributed by atoms with Crippen LogP contribution in [0.25, 0.3) is 0 Å². The molecule has 0 aliphatic rings. The van der Waals surface area contributed by atoms with Gasteiger partial charge in [-0.15, -0.1) is 0 Å². The van der Waals surface area contributed by atoms with Crippen molar-refractivity contribution in [3.63, 3.8) is 0 Å². The highest BCUT2D eigenvalue weighted by Gasteiger charge is 2.27. The molecule has 0 saturated carbocycles. The zero-order chi connectivity index (χ0) is 19.7. The predicted octanol–water partition coefficient (Wildman–Crippen LogP) is 3.40. The fraction of sp³-hybridized carbons (Fsp3) is 0.429. The standard InChI is InChI=1S/C21H30NO4P/c22-20(16-21(23)27(24,25)26)15-14-19-12-10-18(11-13-19)9-5-4-8-17-6-2-1-3-7-17/h1-3,6-7,10-13,20-21,23H,4-5,8-9,14-16,22H2,(H2,24,25,26)/t20-,21?/m1/s1. The first-order chi connectivity index (χ1) is 12.8. The molecule has 0 aliphatic carbocycles. The summed E-state index contributed by atoms with van der Waals surface area (Å²) in [5.41, 5.74) is 9.71. The molecule has 0 bridgehead atoms. The van der Waals surface area contributed by atoms with E-state index in [2.05, 4.69) is 48.5 Å². The lowest BCUT2D eigenvalue weighted by atomic mass is 10.00. The largest absolute Gasteiger partial charge is 0.380 e. The molecule has 5 N–H and O–H groups in total. The third-order valence-electron chi connectivity index (χ3n) is 4.75. The van der Waals surface area contributed by atoms with Crippen LogP contribution in [-0.4, -0.2) is 26.8 Å². The molecule has 0 amide bonds. The lowest BCUT2D eigenvalue weighted by molar-refractivity contribution is 0.184. The van der Waals surface area contributed by atoms with Crippen molar-refractivity contribution in [2.45, 2.75) is 56.8 Å². The van der Waals surface area contributed by atoms with Crippen molar-refractivity contribution < 1.29 is 19.5 Å². The SMILES string of the molecule is N[C@H](CCc1ccc(CCCCc2ccccc2)cc1)CC(O)P(=O)(O)O. The van der Waals surface area contributed by atoms with Crippen LogP contribution in [0.1, 0.15) is 42.4 Å². The van der Waals surface area contributed by atoms with E-state index in [1.165, 1.54) is 17.5 Å². The van der Waals surface area contributed by atoms with E-state index in [1.54, 1.807) is 0 Å². The van der Waals surface area contributed by atoms with Gasteiger partial charge in [0.15, 0.2) is 5.85 Å². The van der Waals surface area contributed by atoms with E-state index in [9.17, 15) is 9.67 Å². The average molecular weight is 391 g/mol. The molecule has 27 heavy (non-hydrogen) atoms. The Morgan fingerprint density at radius 2 is 1.30 bits per heavy atom. The summed E-state index contributed by atoms with van der Waals surface area (Å²) < 4.78 is 11.0. The molecule has 2 aromatic rings. The molecule has 0 spiro atoms. The Bertz CT molecular complexity index is 715. The maximum Gasteiger partial charge on any atom is 0.353 e. The molecule has 0 heterocycles. The van der Waals surface area contributed by atoms with E-state index in [0.29, 0.717) is 6.42 Å². The second kappa shape index (κ2) is 10.7. The van der Waals surface area contributed by atoms with Gasteiger partial charge >= 0.3 is 7.60 Å². The van der Waals surface area contributed by atoms with E-state index in [-0.39, 0.29) is 6.42 Å². The van der Waals surface area contributed by atoms with Crippen molar-refractivity contribution in [3.05, 3.63) is 71.3 Å². The maximum atomic E-state index is 11.0. The Kier molecular flexibility index (Phi) is 8.68. The lowest BCUT2D eigenvalue weighted by Gasteiger charge is -2.17. The summed E-state index contributed by atoms with van der Waals surface area (Å²) >= 11 is 0. The minimum absolute atomic E-state index is 0.0935. The molecule has 2 aromatic carbocycles. The Morgan fingerprint density at radius 3 is 1.81 bits per heavy atom. The van der Waals surface area contributed by atoms with Crippen LogP contribution in [0.15, 0.2) is 54.6 Å². The summed E-state index contributed by atoms with van der Waals surface area (Å²) in [7, 11) is -4.47. The topological polar surface area (TPSA) is 104 Å². The molecule has 1 unspecified atom stereocenters. The van der Waals surface area contributed by atoms with Crippen molar-refractivity contribution >= 4 is 7.60 Å². The number of rotatable bonds is 11. The van der Waals surface area contributed by atoms with Gasteiger partial charge in [0.1, 0.15) is 0 Å². The minimum atomic E-state index is -4.47. The van der Waals surface area contributed by atoms with Crippen LogP contribution in [0.5, 0.6) is 0 Å². The normalized spacial score (nSPS) is 14.1. The smallest absolute Gasteiger partial charge is 0.353 e. The number of hydrogen-bond acceptors (Lipinski definition) is 3. The summed E-state index contributed by atoms with van der Waals surface area (Å²) in [6.07, 6.45) is 5.70. The van der Waals surface area contributed by atoms with Crippen LogP contribution in [0.3, 0.4) is 0 Å². The van der Waals surface area contributed by atoms with Crippen molar-refractivity contribution in [1.29, 1.82) is 0 Å². The summed E-state index contributed by atoms with van der Waals surface area (Å²) in [6.45, 7) is 0. The Labute approximate surface area is 161 Å². The van der Waals surface area contributed by atoms with Crippen LogP contribution < -0.4 is 5.73 Å². The number of hydrogen-bond donors (Lipinski definition) is 4. The summed E-state index contributed by atoms with van der Waals surface area (Å²) in [4.78, 5) is 17.8. The molecule has 0 fully saturated rings. The first kappa shape index (κ1) is 21.8. The van der Waals surface area contributed by atoms with Gasteiger partial charge in [0.2, 0.25) is 0 Å². The van der Waals surface area contributed by atoms with Crippen molar-refractivity contribution in [2.75, 3.05) is 0 Å². The van der Waals surface area contributed by atoms with Gasteiger partial charge in [-0.05, 0) is 55.2 Å². The van der Waals surface area contributed by atoms with E-state index in [0.717, 1.165) is 31.2 Å². The first-order valence-corrected chi connectivity index (χ1v) is 11.1. The van der Waals surface area contributed by atoms with Crippen LogP contribution >= 0.6 is 7.60 Å². The van der Waals surface area contributed by atoms with Gasteiger partial charge in [-0.1, -0.05) is 54.6 Å². The molecule has 0 aromatic heterocycles. The summed E-state index contributed by atoms with van der Waals surface area (Å²) in [5.74, 6) is -1.68. The lowest BCUT2D eigenvalue weighted by Crippen LogP contribution is -2.26. The summed E-state index contributed by atoms with van der Waals surface area (Å²) in [6, 6.07) is 18.5. The molecular weight excluding hydrogens is 361 g/mol. The Morgan fingerprint density at radius 1 is 0.815 bits per heavy atom. The highest BCUT2D eigenvalue weighted by molar-refractivity contribution is 7.52. The maximum absolute atomic E-state index is 11.0. The van der Waals surface area contributed by atoms with Gasteiger partial charge < -0.3 is 20.6 Å². The fourth-order valence-electron chi connectivity index (χ4n) is 3.05. The van der Waals surface area contributed by atoms with Crippen LogP contribution in [0.4, 0.5) is 0 Å². The molecule has 6 heteroatoms. The third-order valence-corrected chi connectivity index (χ3v) is 5.74.